The maximum atomic E-state index is 13.1. The molecule has 3 N–H and O–H groups in total. The summed E-state index contributed by atoms with van der Waals surface area (Å²) in [6, 6.07) is 0. The summed E-state index contributed by atoms with van der Waals surface area (Å²) < 4.78 is 68.4. The minimum absolute atomic E-state index is 0.106. The zero-order chi connectivity index (χ0) is 71.2. The van der Waals surface area contributed by atoms with Crippen LogP contribution >= 0.6 is 15.6 Å². The third-order valence-electron chi connectivity index (χ3n) is 18.6. The van der Waals surface area contributed by atoms with Crippen LogP contribution in [-0.4, -0.2) is 96.7 Å². The second-order valence-corrected chi connectivity index (χ2v) is 31.3. The number of phosphoric acid groups is 2. The lowest BCUT2D eigenvalue weighted by molar-refractivity contribution is -0.161. The van der Waals surface area contributed by atoms with Gasteiger partial charge in [-0.3, -0.25) is 37.3 Å². The largest absolute Gasteiger partial charge is 0.472 e. The van der Waals surface area contributed by atoms with Gasteiger partial charge >= 0.3 is 39.5 Å². The zero-order valence-electron chi connectivity index (χ0n) is 63.2. The zero-order valence-corrected chi connectivity index (χ0v) is 65.0. The summed E-state index contributed by atoms with van der Waals surface area (Å²) in [5.74, 6) is -1.27. The summed E-state index contributed by atoms with van der Waals surface area (Å²) >= 11 is 0. The highest BCUT2D eigenvalue weighted by molar-refractivity contribution is 7.47. The molecule has 19 heteroatoms. The van der Waals surface area contributed by atoms with Crippen molar-refractivity contribution in [2.75, 3.05) is 39.6 Å². The quantitative estimate of drug-likeness (QED) is 0.0222. The van der Waals surface area contributed by atoms with Crippen molar-refractivity contribution in [1.29, 1.82) is 0 Å². The number of aliphatic hydroxyl groups excluding tert-OH is 1. The molecule has 97 heavy (non-hydrogen) atoms. The van der Waals surface area contributed by atoms with Gasteiger partial charge in [-0.05, 0) is 31.6 Å². The Kier molecular flexibility index (Phi) is 69.6. The van der Waals surface area contributed by atoms with E-state index in [1.54, 1.807) is 0 Å². The standard InChI is InChI=1S/C78H152O17P2/c1-6-10-13-16-19-22-23-24-25-26-27-28-29-30-31-32-37-40-44-49-54-59-64-78(83)95-74(68-89-76(81)62-57-52-47-43-39-36-34-33-35-38-42-45-50-55-60-71(5)9-4)70-93-97(86,87)91-66-72(79)65-90-96(84,85)92-69-73(67-88-75(80)61-56-51-46-21-18-15-12-8-3)94-77(82)63-58-53-48-41-20-17-14-11-7-2/h71-74,79H,6-70H2,1-5H3,(H,84,85)(H,86,87)/t71?,72-,73+,74+/m0/s1. The van der Waals surface area contributed by atoms with E-state index in [0.29, 0.717) is 25.7 Å². The fourth-order valence-corrected chi connectivity index (χ4v) is 13.6. The topological polar surface area (TPSA) is 237 Å². The molecule has 0 aliphatic heterocycles. The highest BCUT2D eigenvalue weighted by atomic mass is 31.2. The van der Waals surface area contributed by atoms with Gasteiger partial charge in [0.25, 0.3) is 0 Å². The summed E-state index contributed by atoms with van der Waals surface area (Å²) in [6.07, 6.45) is 61.3. The first kappa shape index (κ1) is 95.1. The third kappa shape index (κ3) is 70.9. The number of ether oxygens (including phenoxy) is 4. The minimum Gasteiger partial charge on any atom is -0.462 e. The monoisotopic (exact) mass is 1420 g/mol. The fourth-order valence-electron chi connectivity index (χ4n) is 12.0. The Bertz CT molecular complexity index is 1860. The van der Waals surface area contributed by atoms with Gasteiger partial charge in [-0.2, -0.15) is 0 Å². The van der Waals surface area contributed by atoms with Crippen molar-refractivity contribution in [3.05, 3.63) is 0 Å². The van der Waals surface area contributed by atoms with E-state index in [0.717, 1.165) is 102 Å². The third-order valence-corrected chi connectivity index (χ3v) is 20.5. The van der Waals surface area contributed by atoms with Gasteiger partial charge in [-0.25, -0.2) is 9.13 Å². The van der Waals surface area contributed by atoms with Gasteiger partial charge in [0.15, 0.2) is 12.2 Å². The second-order valence-electron chi connectivity index (χ2n) is 28.3. The molecule has 0 saturated heterocycles. The van der Waals surface area contributed by atoms with Crippen molar-refractivity contribution in [1.82, 2.24) is 0 Å². The van der Waals surface area contributed by atoms with Crippen molar-refractivity contribution in [2.45, 2.75) is 432 Å². The first-order valence-corrected chi connectivity index (χ1v) is 43.7. The maximum absolute atomic E-state index is 13.1. The molecule has 0 rings (SSSR count). The van der Waals surface area contributed by atoms with Gasteiger partial charge < -0.3 is 33.8 Å². The average molecular weight is 1420 g/mol. The SMILES string of the molecule is CCCCCCCCCCCCCCCCCCCCCCCCC(=O)O[C@H](COC(=O)CCCCCCCCCCCCCCCCC(C)CC)COP(=O)(O)OC[C@@H](O)COP(=O)(O)OC[C@@H](COC(=O)CCCCCCCCCC)OC(=O)CCCCCCCCCCC. The van der Waals surface area contributed by atoms with Crippen LogP contribution in [0.25, 0.3) is 0 Å². The predicted octanol–water partition coefficient (Wildman–Crippen LogP) is 23.3. The number of unbranched alkanes of at least 4 members (excludes halogenated alkanes) is 49. The first-order chi connectivity index (χ1) is 47.1. The molecule has 0 radical (unpaired) electrons. The summed E-state index contributed by atoms with van der Waals surface area (Å²) in [6.45, 7) is 7.31. The number of carbonyl (C=O) groups excluding carboxylic acids is 4. The molecule has 17 nitrogen and oxygen atoms in total. The lowest BCUT2D eigenvalue weighted by Crippen LogP contribution is -2.30. The highest BCUT2D eigenvalue weighted by Crippen LogP contribution is 2.45. The summed E-state index contributed by atoms with van der Waals surface area (Å²) in [5.41, 5.74) is 0. The number of phosphoric ester groups is 2. The normalized spacial score (nSPS) is 14.2. The number of esters is 4. The molecule has 3 unspecified atom stereocenters. The Morgan fingerprint density at radius 1 is 0.289 bits per heavy atom. The van der Waals surface area contributed by atoms with Gasteiger partial charge in [0.05, 0.1) is 26.4 Å². The number of carbonyl (C=O) groups is 4. The van der Waals surface area contributed by atoms with Crippen LogP contribution in [0.2, 0.25) is 0 Å². The van der Waals surface area contributed by atoms with E-state index in [1.165, 1.54) is 231 Å². The molecule has 0 fully saturated rings. The van der Waals surface area contributed by atoms with Gasteiger partial charge in [0.2, 0.25) is 0 Å². The lowest BCUT2D eigenvalue weighted by Gasteiger charge is -2.21. The minimum atomic E-state index is -4.96. The Morgan fingerprint density at radius 3 is 0.732 bits per heavy atom. The Labute approximate surface area is 594 Å². The molecular weight excluding hydrogens is 1270 g/mol. The number of aliphatic hydroxyl groups is 1. The molecule has 0 saturated carbocycles. The van der Waals surface area contributed by atoms with Crippen LogP contribution in [0, 0.1) is 5.92 Å². The van der Waals surface area contributed by atoms with Crippen molar-refractivity contribution in [3.8, 4) is 0 Å². The molecule has 0 amide bonds. The fraction of sp³-hybridized carbons (Fsp3) is 0.949. The van der Waals surface area contributed by atoms with E-state index in [4.69, 9.17) is 37.0 Å². The molecule has 0 heterocycles. The number of hydrogen-bond donors (Lipinski definition) is 3. The molecule has 576 valence electrons. The summed E-state index contributed by atoms with van der Waals surface area (Å²) in [5, 5.41) is 10.6. The van der Waals surface area contributed by atoms with Gasteiger partial charge in [0.1, 0.15) is 19.3 Å². The first-order valence-electron chi connectivity index (χ1n) is 40.7. The van der Waals surface area contributed by atoms with Gasteiger partial charge in [-0.1, -0.05) is 362 Å². The van der Waals surface area contributed by atoms with Crippen molar-refractivity contribution >= 4 is 39.5 Å². The molecule has 0 aliphatic rings. The Balaban J connectivity index is 5.14. The smallest absolute Gasteiger partial charge is 0.462 e. The van der Waals surface area contributed by atoms with Crippen LogP contribution in [-0.2, 0) is 65.4 Å². The summed E-state index contributed by atoms with van der Waals surface area (Å²) in [7, 11) is -9.90. The van der Waals surface area contributed by atoms with Gasteiger partial charge in [0, 0.05) is 25.7 Å². The van der Waals surface area contributed by atoms with E-state index in [1.807, 2.05) is 0 Å². The predicted molar refractivity (Wildman–Crippen MR) is 395 cm³/mol. The Hall–Kier alpha value is -1.94. The molecule has 0 aromatic rings. The van der Waals surface area contributed by atoms with E-state index in [-0.39, 0.29) is 25.7 Å². The van der Waals surface area contributed by atoms with Crippen LogP contribution in [0.4, 0.5) is 0 Å². The molecule has 0 aromatic heterocycles. The van der Waals surface area contributed by atoms with Crippen LogP contribution in [0.5, 0.6) is 0 Å². The van der Waals surface area contributed by atoms with Gasteiger partial charge in [-0.15, -0.1) is 0 Å². The lowest BCUT2D eigenvalue weighted by atomic mass is 9.99. The number of rotatable bonds is 78. The van der Waals surface area contributed by atoms with Crippen LogP contribution in [0.15, 0.2) is 0 Å². The van der Waals surface area contributed by atoms with E-state index in [9.17, 15) is 43.2 Å². The molecule has 0 aromatic carbocycles. The highest BCUT2D eigenvalue weighted by Gasteiger charge is 2.30. The van der Waals surface area contributed by atoms with E-state index >= 15 is 0 Å². The maximum Gasteiger partial charge on any atom is 0.472 e. The van der Waals surface area contributed by atoms with Crippen LogP contribution in [0.1, 0.15) is 413 Å². The average Bonchev–Trinajstić information content (AvgIpc) is 1.73. The molecule has 0 aliphatic carbocycles. The van der Waals surface area contributed by atoms with E-state index < -0.39 is 97.5 Å². The van der Waals surface area contributed by atoms with Crippen molar-refractivity contribution < 1.29 is 80.2 Å². The van der Waals surface area contributed by atoms with Crippen LogP contribution < -0.4 is 0 Å². The molecule has 0 spiro atoms. The van der Waals surface area contributed by atoms with Crippen molar-refractivity contribution in [2.24, 2.45) is 5.92 Å². The Morgan fingerprint density at radius 2 is 0.495 bits per heavy atom. The molecule has 0 bridgehead atoms. The molecular formula is C78H152O17P2. The molecule has 6 atom stereocenters. The van der Waals surface area contributed by atoms with E-state index in [2.05, 4.69) is 34.6 Å². The van der Waals surface area contributed by atoms with Crippen LogP contribution in [0.3, 0.4) is 0 Å². The summed E-state index contributed by atoms with van der Waals surface area (Å²) in [4.78, 5) is 72.7. The number of hydrogen-bond acceptors (Lipinski definition) is 15. The second kappa shape index (κ2) is 71.1. The van der Waals surface area contributed by atoms with Crippen molar-refractivity contribution in [3.63, 3.8) is 0 Å².